The third-order valence-electron chi connectivity index (χ3n) is 9.64. The van der Waals surface area contributed by atoms with Gasteiger partial charge in [0.1, 0.15) is 0 Å². The number of nitrogens with one attached hydrogen (secondary N) is 1. The fourth-order valence-electron chi connectivity index (χ4n) is 7.14. The number of nitrogens with zero attached hydrogens (tertiary/aromatic N) is 2. The van der Waals surface area contributed by atoms with Crippen molar-refractivity contribution in [2.75, 3.05) is 32.7 Å². The fraction of sp³-hybridized carbons (Fsp3) is 0.472. The van der Waals surface area contributed by atoms with Gasteiger partial charge >= 0.3 is 0 Å². The molecule has 3 aromatic rings. The van der Waals surface area contributed by atoms with Gasteiger partial charge in [0.25, 0.3) is 5.91 Å². The quantitative estimate of drug-likeness (QED) is 0.214. The number of fused-ring (bicyclic) bond motifs is 3. The second-order valence-corrected chi connectivity index (χ2v) is 13.0. The van der Waals surface area contributed by atoms with Gasteiger partial charge < -0.3 is 10.2 Å². The molecule has 1 amide bonds. The third kappa shape index (κ3) is 6.88. The van der Waals surface area contributed by atoms with Crippen LogP contribution in [-0.2, 0) is 19.4 Å². The van der Waals surface area contributed by atoms with Gasteiger partial charge in [-0.2, -0.15) is 0 Å². The van der Waals surface area contributed by atoms with Crippen molar-refractivity contribution >= 4 is 17.5 Å². The predicted octanol–water partition coefficient (Wildman–Crippen LogP) is 7.36. The van der Waals surface area contributed by atoms with E-state index in [0.717, 1.165) is 50.5 Å². The molecule has 2 aliphatic heterocycles. The summed E-state index contributed by atoms with van der Waals surface area (Å²) in [6.07, 6.45) is 9.33. The largest absolute Gasteiger partial charge is 0.352 e. The predicted molar refractivity (Wildman–Crippen MR) is 170 cm³/mol. The Morgan fingerprint density at radius 3 is 2.59 bits per heavy atom. The molecule has 2 heterocycles. The highest BCUT2D eigenvalue weighted by Crippen LogP contribution is 2.37. The van der Waals surface area contributed by atoms with Crippen molar-refractivity contribution in [3.05, 3.63) is 93.5 Å². The SMILES string of the molecule is CC1CCCCN1CCCNC(=O)c1ccc(CC2CCN(Cc3ccc4c(c3)Cc3ccccc3-4)CC2)c(Cl)c1. The highest BCUT2D eigenvalue weighted by Gasteiger charge is 2.23. The average Bonchev–Trinajstić information content (AvgIpc) is 3.36. The van der Waals surface area contributed by atoms with Gasteiger partial charge in [-0.25, -0.2) is 0 Å². The second kappa shape index (κ2) is 13.1. The lowest BCUT2D eigenvalue weighted by Crippen LogP contribution is -2.39. The van der Waals surface area contributed by atoms with E-state index in [0.29, 0.717) is 24.1 Å². The Kier molecular flexibility index (Phi) is 9.10. The number of amides is 1. The molecular formula is C36H44ClN3O. The number of hydrogen-bond acceptors (Lipinski definition) is 3. The van der Waals surface area contributed by atoms with Gasteiger partial charge in [0, 0.05) is 36.3 Å². The van der Waals surface area contributed by atoms with E-state index in [4.69, 9.17) is 11.6 Å². The molecule has 1 unspecified atom stereocenters. The molecular weight excluding hydrogens is 526 g/mol. The number of carbonyl (C=O) groups is 1. The summed E-state index contributed by atoms with van der Waals surface area (Å²) in [6.45, 7) is 8.54. The van der Waals surface area contributed by atoms with E-state index in [9.17, 15) is 4.79 Å². The lowest BCUT2D eigenvalue weighted by molar-refractivity contribution is 0.0949. The van der Waals surface area contributed by atoms with Gasteiger partial charge in [0.2, 0.25) is 0 Å². The lowest BCUT2D eigenvalue weighted by Gasteiger charge is -2.33. The second-order valence-electron chi connectivity index (χ2n) is 12.5. The van der Waals surface area contributed by atoms with Crippen LogP contribution in [0.3, 0.4) is 0 Å². The van der Waals surface area contributed by atoms with Gasteiger partial charge in [-0.05, 0) is 123 Å². The molecule has 3 aromatic carbocycles. The molecule has 1 aliphatic carbocycles. The van der Waals surface area contributed by atoms with E-state index in [2.05, 4.69) is 70.6 Å². The highest BCUT2D eigenvalue weighted by atomic mass is 35.5. The van der Waals surface area contributed by atoms with Gasteiger partial charge in [-0.3, -0.25) is 9.69 Å². The smallest absolute Gasteiger partial charge is 0.251 e. The fourth-order valence-corrected chi connectivity index (χ4v) is 7.40. The summed E-state index contributed by atoms with van der Waals surface area (Å²) in [5.74, 6) is 0.615. The first-order valence-electron chi connectivity index (χ1n) is 15.8. The molecule has 0 spiro atoms. The van der Waals surface area contributed by atoms with Crippen molar-refractivity contribution in [2.24, 2.45) is 5.92 Å². The van der Waals surface area contributed by atoms with Gasteiger partial charge in [0.05, 0.1) is 0 Å². The molecule has 0 bridgehead atoms. The monoisotopic (exact) mass is 569 g/mol. The first-order chi connectivity index (χ1) is 20.0. The third-order valence-corrected chi connectivity index (χ3v) is 10.00. The summed E-state index contributed by atoms with van der Waals surface area (Å²) >= 11 is 6.69. The summed E-state index contributed by atoms with van der Waals surface area (Å²) in [7, 11) is 0. The van der Waals surface area contributed by atoms with E-state index in [1.165, 1.54) is 72.0 Å². The number of piperidine rings is 2. The van der Waals surface area contributed by atoms with Gasteiger partial charge in [-0.15, -0.1) is 0 Å². The molecule has 41 heavy (non-hydrogen) atoms. The molecule has 6 rings (SSSR count). The Morgan fingerprint density at radius 1 is 0.927 bits per heavy atom. The van der Waals surface area contributed by atoms with Crippen LogP contribution in [0.1, 0.15) is 78.1 Å². The molecule has 1 atom stereocenters. The lowest BCUT2D eigenvalue weighted by atomic mass is 9.89. The number of rotatable bonds is 9. The van der Waals surface area contributed by atoms with Gasteiger partial charge in [-0.1, -0.05) is 66.6 Å². The molecule has 5 heteroatoms. The minimum absolute atomic E-state index is 0.0196. The van der Waals surface area contributed by atoms with Crippen molar-refractivity contribution in [3.8, 4) is 11.1 Å². The molecule has 216 valence electrons. The minimum atomic E-state index is -0.0196. The summed E-state index contributed by atoms with van der Waals surface area (Å²) in [6, 6.07) is 22.4. The zero-order chi connectivity index (χ0) is 28.2. The normalized spacial score (nSPS) is 19.6. The van der Waals surface area contributed by atoms with Gasteiger partial charge in [0.15, 0.2) is 0 Å². The highest BCUT2D eigenvalue weighted by molar-refractivity contribution is 6.31. The van der Waals surface area contributed by atoms with Crippen molar-refractivity contribution in [2.45, 2.75) is 70.9 Å². The van der Waals surface area contributed by atoms with Crippen LogP contribution in [0.15, 0.2) is 60.7 Å². The van der Waals surface area contributed by atoms with Crippen LogP contribution in [0, 0.1) is 5.92 Å². The molecule has 2 fully saturated rings. The Balaban J connectivity index is 0.942. The summed E-state index contributed by atoms with van der Waals surface area (Å²) in [5.41, 5.74) is 8.98. The van der Waals surface area contributed by atoms with Crippen LogP contribution >= 0.6 is 11.6 Å². The van der Waals surface area contributed by atoms with Crippen LogP contribution in [0.4, 0.5) is 0 Å². The molecule has 4 nitrogen and oxygen atoms in total. The maximum Gasteiger partial charge on any atom is 0.251 e. The molecule has 3 aliphatic rings. The van der Waals surface area contributed by atoms with E-state index >= 15 is 0 Å². The Hall–Kier alpha value is -2.66. The summed E-state index contributed by atoms with van der Waals surface area (Å²) < 4.78 is 0. The molecule has 2 saturated heterocycles. The number of benzene rings is 3. The van der Waals surface area contributed by atoms with E-state index < -0.39 is 0 Å². The summed E-state index contributed by atoms with van der Waals surface area (Å²) in [4.78, 5) is 17.9. The average molecular weight is 570 g/mol. The van der Waals surface area contributed by atoms with Crippen LogP contribution in [-0.4, -0.2) is 54.5 Å². The van der Waals surface area contributed by atoms with Crippen molar-refractivity contribution in [1.29, 1.82) is 0 Å². The zero-order valence-electron chi connectivity index (χ0n) is 24.5. The van der Waals surface area contributed by atoms with E-state index in [1.807, 2.05) is 12.1 Å². The number of carbonyl (C=O) groups excluding carboxylic acids is 1. The molecule has 0 radical (unpaired) electrons. The first kappa shape index (κ1) is 28.5. The minimum Gasteiger partial charge on any atom is -0.352 e. The zero-order valence-corrected chi connectivity index (χ0v) is 25.3. The molecule has 0 saturated carbocycles. The van der Waals surface area contributed by atoms with Crippen LogP contribution < -0.4 is 5.32 Å². The Bertz CT molecular complexity index is 1360. The summed E-state index contributed by atoms with van der Waals surface area (Å²) in [5, 5.41) is 3.82. The Labute approximate surface area is 251 Å². The standard InChI is InChI=1S/C36H44ClN3O/c1-26-7-4-5-17-40(26)18-6-16-38-36(41)31-12-11-30(35(37)24-31)21-27-14-19-39(20-15-27)25-28-10-13-34-32(22-28)23-29-8-2-3-9-33(29)34/h2-3,8-13,22,24,26-27H,4-7,14-21,23,25H2,1H3,(H,38,41). The number of hydrogen-bond donors (Lipinski definition) is 1. The van der Waals surface area contributed by atoms with Crippen LogP contribution in [0.5, 0.6) is 0 Å². The maximum atomic E-state index is 12.7. The van der Waals surface area contributed by atoms with Crippen LogP contribution in [0.2, 0.25) is 5.02 Å². The number of likely N-dealkylation sites (tertiary alicyclic amines) is 2. The Morgan fingerprint density at radius 2 is 1.76 bits per heavy atom. The maximum absolute atomic E-state index is 12.7. The molecule has 0 aromatic heterocycles. The first-order valence-corrected chi connectivity index (χ1v) is 16.1. The van der Waals surface area contributed by atoms with Crippen molar-refractivity contribution in [1.82, 2.24) is 15.1 Å². The van der Waals surface area contributed by atoms with Crippen molar-refractivity contribution < 1.29 is 4.79 Å². The molecule has 1 N–H and O–H groups in total. The van der Waals surface area contributed by atoms with E-state index in [-0.39, 0.29) is 5.91 Å². The van der Waals surface area contributed by atoms with E-state index in [1.54, 1.807) is 0 Å². The van der Waals surface area contributed by atoms with Crippen molar-refractivity contribution in [3.63, 3.8) is 0 Å². The topological polar surface area (TPSA) is 35.6 Å². The van der Waals surface area contributed by atoms with Crippen LogP contribution in [0.25, 0.3) is 11.1 Å². The number of halogens is 1.